The molecule has 1 fully saturated rings. The highest BCUT2D eigenvalue weighted by Crippen LogP contribution is 2.40. The number of hydrogen-bond acceptors (Lipinski definition) is 1. The lowest BCUT2D eigenvalue weighted by molar-refractivity contribution is 0.0942. The molecule has 4 heteroatoms. The fourth-order valence-electron chi connectivity index (χ4n) is 2.42. The van der Waals surface area contributed by atoms with Gasteiger partial charge in [-0.05, 0) is 34.0 Å². The van der Waals surface area contributed by atoms with E-state index in [0.717, 1.165) is 10.9 Å². The SMILES string of the molecule is Cn1cc(Br)cc1C(=O)NC1CC1c1ccccc1. The van der Waals surface area contributed by atoms with Gasteiger partial charge in [-0.1, -0.05) is 30.3 Å². The van der Waals surface area contributed by atoms with E-state index in [2.05, 4.69) is 33.4 Å². The van der Waals surface area contributed by atoms with Crippen molar-refractivity contribution in [3.63, 3.8) is 0 Å². The topological polar surface area (TPSA) is 34.0 Å². The van der Waals surface area contributed by atoms with Crippen molar-refractivity contribution in [1.29, 1.82) is 0 Å². The highest BCUT2D eigenvalue weighted by Gasteiger charge is 2.39. The quantitative estimate of drug-likeness (QED) is 0.927. The van der Waals surface area contributed by atoms with E-state index in [1.807, 2.05) is 42.1 Å². The Balaban J connectivity index is 1.65. The summed E-state index contributed by atoms with van der Waals surface area (Å²) < 4.78 is 2.76. The number of aryl methyl sites for hydroxylation is 1. The number of rotatable bonds is 3. The second-order valence-corrected chi connectivity index (χ2v) is 5.90. The molecule has 3 rings (SSSR count). The van der Waals surface area contributed by atoms with Gasteiger partial charge in [-0.15, -0.1) is 0 Å². The Hall–Kier alpha value is -1.55. The molecule has 1 aromatic carbocycles. The van der Waals surface area contributed by atoms with Gasteiger partial charge in [0.1, 0.15) is 5.69 Å². The highest BCUT2D eigenvalue weighted by molar-refractivity contribution is 9.10. The smallest absolute Gasteiger partial charge is 0.268 e. The number of amides is 1. The Bertz CT molecular complexity index is 606. The number of halogens is 1. The van der Waals surface area contributed by atoms with Gasteiger partial charge in [-0.2, -0.15) is 0 Å². The van der Waals surface area contributed by atoms with Crippen molar-refractivity contribution in [3.8, 4) is 0 Å². The van der Waals surface area contributed by atoms with E-state index in [1.54, 1.807) is 0 Å². The first-order chi connectivity index (χ1) is 9.15. The van der Waals surface area contributed by atoms with Crippen LogP contribution in [0.5, 0.6) is 0 Å². The van der Waals surface area contributed by atoms with Gasteiger partial charge in [0.2, 0.25) is 0 Å². The van der Waals surface area contributed by atoms with Crippen LogP contribution in [-0.4, -0.2) is 16.5 Å². The summed E-state index contributed by atoms with van der Waals surface area (Å²) in [6.07, 6.45) is 2.91. The van der Waals surface area contributed by atoms with Gasteiger partial charge in [0, 0.05) is 29.7 Å². The second kappa shape index (κ2) is 4.85. The molecule has 0 bridgehead atoms. The molecule has 2 aromatic rings. The van der Waals surface area contributed by atoms with Crippen molar-refractivity contribution in [1.82, 2.24) is 9.88 Å². The Labute approximate surface area is 120 Å². The minimum atomic E-state index is -0.00312. The lowest BCUT2D eigenvalue weighted by Crippen LogP contribution is -2.28. The summed E-state index contributed by atoms with van der Waals surface area (Å²) in [5.74, 6) is 0.463. The molecule has 1 heterocycles. The first-order valence-corrected chi connectivity index (χ1v) is 7.12. The van der Waals surface area contributed by atoms with Crippen LogP contribution in [0.4, 0.5) is 0 Å². The standard InChI is InChI=1S/C15H15BrN2O/c1-18-9-11(16)7-14(18)15(19)17-13-8-12(13)10-5-3-2-4-6-10/h2-7,9,12-13H,8H2,1H3,(H,17,19). The van der Waals surface area contributed by atoms with Crippen LogP contribution in [0.25, 0.3) is 0 Å². The molecule has 0 saturated heterocycles. The Kier molecular flexibility index (Phi) is 3.19. The predicted molar refractivity (Wildman–Crippen MR) is 78.2 cm³/mol. The number of benzene rings is 1. The van der Waals surface area contributed by atoms with E-state index in [0.29, 0.717) is 11.6 Å². The van der Waals surface area contributed by atoms with Crippen molar-refractivity contribution in [2.24, 2.45) is 7.05 Å². The number of nitrogens with one attached hydrogen (secondary N) is 1. The number of aromatic nitrogens is 1. The second-order valence-electron chi connectivity index (χ2n) is 4.99. The molecule has 2 atom stereocenters. The van der Waals surface area contributed by atoms with E-state index in [4.69, 9.17) is 0 Å². The monoisotopic (exact) mass is 318 g/mol. The molecule has 0 aliphatic heterocycles. The number of carbonyl (C=O) groups excluding carboxylic acids is 1. The fraction of sp³-hybridized carbons (Fsp3) is 0.267. The van der Waals surface area contributed by atoms with Crippen LogP contribution in [0, 0.1) is 0 Å². The van der Waals surface area contributed by atoms with E-state index >= 15 is 0 Å². The van der Waals surface area contributed by atoms with Crippen molar-refractivity contribution in [2.45, 2.75) is 18.4 Å². The van der Waals surface area contributed by atoms with Gasteiger partial charge in [-0.3, -0.25) is 4.79 Å². The van der Waals surface area contributed by atoms with Crippen LogP contribution in [0.3, 0.4) is 0 Å². The van der Waals surface area contributed by atoms with Crippen LogP contribution in [0.1, 0.15) is 28.4 Å². The molecule has 0 spiro atoms. The van der Waals surface area contributed by atoms with E-state index in [9.17, 15) is 4.79 Å². The normalized spacial score (nSPS) is 21.2. The first-order valence-electron chi connectivity index (χ1n) is 6.33. The molecule has 98 valence electrons. The zero-order valence-corrected chi connectivity index (χ0v) is 12.2. The molecule has 1 amide bonds. The van der Waals surface area contributed by atoms with Gasteiger partial charge in [0.25, 0.3) is 5.91 Å². The minimum Gasteiger partial charge on any atom is -0.347 e. The summed E-state index contributed by atoms with van der Waals surface area (Å²) in [6.45, 7) is 0. The van der Waals surface area contributed by atoms with Crippen LogP contribution in [0.2, 0.25) is 0 Å². The summed E-state index contributed by atoms with van der Waals surface area (Å²) in [5.41, 5.74) is 1.99. The van der Waals surface area contributed by atoms with Gasteiger partial charge >= 0.3 is 0 Å². The third-order valence-corrected chi connectivity index (χ3v) is 3.97. The molecule has 1 saturated carbocycles. The fourth-order valence-corrected chi connectivity index (χ4v) is 2.94. The van der Waals surface area contributed by atoms with Gasteiger partial charge < -0.3 is 9.88 Å². The van der Waals surface area contributed by atoms with Gasteiger partial charge in [0.15, 0.2) is 0 Å². The maximum atomic E-state index is 12.2. The zero-order valence-electron chi connectivity index (χ0n) is 10.6. The van der Waals surface area contributed by atoms with Crippen molar-refractivity contribution >= 4 is 21.8 Å². The maximum absolute atomic E-state index is 12.2. The summed E-state index contributed by atoms with van der Waals surface area (Å²) >= 11 is 3.38. The van der Waals surface area contributed by atoms with E-state index in [1.165, 1.54) is 5.56 Å². The van der Waals surface area contributed by atoms with Crippen molar-refractivity contribution in [2.75, 3.05) is 0 Å². The lowest BCUT2D eigenvalue weighted by Gasteiger charge is -2.05. The average Bonchev–Trinajstić information content (AvgIpc) is 3.07. The minimum absolute atomic E-state index is 0.00312. The predicted octanol–water partition coefficient (Wildman–Crippen LogP) is 3.07. The van der Waals surface area contributed by atoms with E-state index in [-0.39, 0.29) is 11.9 Å². The Morgan fingerprint density at radius 3 is 2.74 bits per heavy atom. The molecular formula is C15H15BrN2O. The highest BCUT2D eigenvalue weighted by atomic mass is 79.9. The first kappa shape index (κ1) is 12.5. The van der Waals surface area contributed by atoms with Crippen molar-refractivity contribution < 1.29 is 4.79 Å². The third-order valence-electron chi connectivity index (χ3n) is 3.54. The van der Waals surface area contributed by atoms with Gasteiger partial charge in [0.05, 0.1) is 0 Å². The molecule has 3 nitrogen and oxygen atoms in total. The van der Waals surface area contributed by atoms with Crippen LogP contribution in [0.15, 0.2) is 47.1 Å². The molecule has 1 aliphatic carbocycles. The van der Waals surface area contributed by atoms with E-state index < -0.39 is 0 Å². The molecule has 19 heavy (non-hydrogen) atoms. The van der Waals surface area contributed by atoms with Gasteiger partial charge in [-0.25, -0.2) is 0 Å². The van der Waals surface area contributed by atoms with Crippen LogP contribution >= 0.6 is 15.9 Å². The number of carbonyl (C=O) groups is 1. The molecular weight excluding hydrogens is 304 g/mol. The lowest BCUT2D eigenvalue weighted by atomic mass is 10.1. The number of nitrogens with zero attached hydrogens (tertiary/aromatic N) is 1. The largest absolute Gasteiger partial charge is 0.347 e. The van der Waals surface area contributed by atoms with Crippen LogP contribution < -0.4 is 5.32 Å². The molecule has 0 radical (unpaired) electrons. The Morgan fingerprint density at radius 2 is 2.11 bits per heavy atom. The summed E-state index contributed by atoms with van der Waals surface area (Å²) in [5, 5.41) is 3.09. The molecule has 1 aliphatic rings. The Morgan fingerprint density at radius 1 is 1.37 bits per heavy atom. The molecule has 1 N–H and O–H groups in total. The van der Waals surface area contributed by atoms with Crippen molar-refractivity contribution in [3.05, 3.63) is 58.3 Å². The maximum Gasteiger partial charge on any atom is 0.268 e. The number of hydrogen-bond donors (Lipinski definition) is 1. The van der Waals surface area contributed by atoms with Crippen LogP contribution in [-0.2, 0) is 7.05 Å². The third kappa shape index (κ3) is 2.59. The summed E-state index contributed by atoms with van der Waals surface area (Å²) in [4.78, 5) is 12.2. The molecule has 1 aromatic heterocycles. The summed E-state index contributed by atoms with van der Waals surface area (Å²) in [6, 6.07) is 12.5. The average molecular weight is 319 g/mol. The summed E-state index contributed by atoms with van der Waals surface area (Å²) in [7, 11) is 1.88. The zero-order chi connectivity index (χ0) is 13.4. The molecule has 2 unspecified atom stereocenters.